The smallest absolute Gasteiger partial charge is 0.258 e. The van der Waals surface area contributed by atoms with Crippen LogP contribution in [0.1, 0.15) is 25.0 Å². The van der Waals surface area contributed by atoms with Crippen LogP contribution < -0.4 is 20.5 Å². The number of ether oxygens (including phenoxy) is 1. The molecule has 2 fully saturated rings. The highest BCUT2D eigenvalue weighted by Gasteiger charge is 2.45. The second-order valence-electron chi connectivity index (χ2n) is 8.51. The van der Waals surface area contributed by atoms with E-state index in [0.29, 0.717) is 23.0 Å². The number of amides is 1. The van der Waals surface area contributed by atoms with Crippen LogP contribution in [0.5, 0.6) is 5.75 Å². The highest BCUT2D eigenvalue weighted by Crippen LogP contribution is 2.37. The van der Waals surface area contributed by atoms with Gasteiger partial charge >= 0.3 is 0 Å². The largest absolute Gasteiger partial charge is 0.487 e. The fourth-order valence-electron chi connectivity index (χ4n) is 4.55. The number of hydrogen-bond acceptors (Lipinski definition) is 6. The maximum absolute atomic E-state index is 12.7. The van der Waals surface area contributed by atoms with Gasteiger partial charge in [0.1, 0.15) is 18.2 Å². The summed E-state index contributed by atoms with van der Waals surface area (Å²) < 4.78 is 7.20. The summed E-state index contributed by atoms with van der Waals surface area (Å²) in [5.41, 5.74) is 0.871. The molecule has 9 heteroatoms. The number of nitrogens with one attached hydrogen (secondary N) is 1. The molecule has 0 bridgehead atoms. The van der Waals surface area contributed by atoms with Gasteiger partial charge in [-0.1, -0.05) is 11.6 Å². The van der Waals surface area contributed by atoms with Gasteiger partial charge in [0, 0.05) is 38.1 Å². The predicted molar refractivity (Wildman–Crippen MR) is 125 cm³/mol. The molecule has 1 amide bonds. The molecule has 3 aromatic rings. The second-order valence-corrected chi connectivity index (χ2v) is 8.95. The van der Waals surface area contributed by atoms with Gasteiger partial charge in [-0.15, -0.1) is 0 Å². The zero-order valence-corrected chi connectivity index (χ0v) is 18.8. The van der Waals surface area contributed by atoms with Crippen molar-refractivity contribution >= 4 is 23.3 Å². The normalized spacial score (nSPS) is 20.2. The van der Waals surface area contributed by atoms with Crippen molar-refractivity contribution in [2.45, 2.75) is 25.9 Å². The van der Waals surface area contributed by atoms with Crippen molar-refractivity contribution in [3.8, 4) is 11.4 Å². The Bertz CT molecular complexity index is 1210. The number of rotatable bonds is 5. The molecule has 2 saturated heterocycles. The van der Waals surface area contributed by atoms with E-state index in [2.05, 4.69) is 20.2 Å². The van der Waals surface area contributed by atoms with Crippen LogP contribution in [0.15, 0.2) is 59.8 Å². The first-order chi connectivity index (χ1) is 16.0. The third-order valence-electron chi connectivity index (χ3n) is 6.35. The van der Waals surface area contributed by atoms with Crippen molar-refractivity contribution < 1.29 is 9.53 Å². The van der Waals surface area contributed by atoms with E-state index in [4.69, 9.17) is 16.3 Å². The van der Waals surface area contributed by atoms with Gasteiger partial charge in [0.15, 0.2) is 0 Å². The van der Waals surface area contributed by atoms with E-state index < -0.39 is 0 Å². The average molecular weight is 466 g/mol. The van der Waals surface area contributed by atoms with Crippen LogP contribution in [-0.4, -0.2) is 40.1 Å². The summed E-state index contributed by atoms with van der Waals surface area (Å²) in [6.07, 6.45) is 7.67. The van der Waals surface area contributed by atoms with Crippen LogP contribution in [0.2, 0.25) is 5.02 Å². The summed E-state index contributed by atoms with van der Waals surface area (Å²) in [4.78, 5) is 36.0. The number of carbonyl (C=O) groups is 1. The van der Waals surface area contributed by atoms with Crippen LogP contribution >= 0.6 is 11.6 Å². The van der Waals surface area contributed by atoms with E-state index in [1.807, 2.05) is 12.1 Å². The van der Waals surface area contributed by atoms with E-state index in [-0.39, 0.29) is 23.5 Å². The van der Waals surface area contributed by atoms with Crippen LogP contribution in [0.4, 0.5) is 5.82 Å². The Balaban J connectivity index is 1.27. The lowest BCUT2D eigenvalue weighted by molar-refractivity contribution is -0.128. The Hall–Kier alpha value is -3.39. The Labute approximate surface area is 196 Å². The minimum Gasteiger partial charge on any atom is -0.487 e. The van der Waals surface area contributed by atoms with Crippen molar-refractivity contribution in [3.05, 3.63) is 76.1 Å². The fraction of sp³-hybridized carbons (Fsp3) is 0.333. The molecular formula is C24H24ClN5O3. The summed E-state index contributed by atoms with van der Waals surface area (Å²) in [6, 6.07) is 10.5. The Morgan fingerprint density at radius 2 is 2.00 bits per heavy atom. The summed E-state index contributed by atoms with van der Waals surface area (Å²) in [5, 5.41) is 3.53. The van der Waals surface area contributed by atoms with E-state index >= 15 is 0 Å². The molecule has 2 aliphatic rings. The van der Waals surface area contributed by atoms with E-state index in [9.17, 15) is 9.59 Å². The highest BCUT2D eigenvalue weighted by molar-refractivity contribution is 6.30. The van der Waals surface area contributed by atoms with Gasteiger partial charge in [0.05, 0.1) is 28.0 Å². The summed E-state index contributed by atoms with van der Waals surface area (Å²) in [6.45, 7) is 2.54. The van der Waals surface area contributed by atoms with Gasteiger partial charge in [-0.2, -0.15) is 0 Å². The van der Waals surface area contributed by atoms with Crippen molar-refractivity contribution in [1.29, 1.82) is 0 Å². The third kappa shape index (κ3) is 4.43. The zero-order valence-electron chi connectivity index (χ0n) is 18.0. The Kier molecular flexibility index (Phi) is 5.76. The topological polar surface area (TPSA) is 89.4 Å². The van der Waals surface area contributed by atoms with Crippen molar-refractivity contribution in [2.24, 2.45) is 5.41 Å². The lowest BCUT2D eigenvalue weighted by Crippen LogP contribution is -2.47. The molecule has 1 spiro atoms. The Morgan fingerprint density at radius 1 is 1.09 bits per heavy atom. The van der Waals surface area contributed by atoms with E-state index in [0.717, 1.165) is 43.9 Å². The van der Waals surface area contributed by atoms with Crippen LogP contribution in [0.25, 0.3) is 5.69 Å². The van der Waals surface area contributed by atoms with Gasteiger partial charge < -0.3 is 15.0 Å². The number of nitrogens with zero attached hydrogens (tertiary/aromatic N) is 4. The number of pyridine rings is 3. The molecule has 1 atom stereocenters. The number of anilines is 1. The molecule has 0 saturated carbocycles. The summed E-state index contributed by atoms with van der Waals surface area (Å²) in [7, 11) is 0. The van der Waals surface area contributed by atoms with Gasteiger partial charge in [0.25, 0.3) is 5.56 Å². The molecule has 1 N–H and O–H groups in total. The van der Waals surface area contributed by atoms with Gasteiger partial charge in [-0.3, -0.25) is 19.1 Å². The molecule has 8 nitrogen and oxygen atoms in total. The van der Waals surface area contributed by atoms with Crippen molar-refractivity contribution in [2.75, 3.05) is 24.5 Å². The van der Waals surface area contributed by atoms with E-state index in [1.54, 1.807) is 36.8 Å². The fourth-order valence-corrected chi connectivity index (χ4v) is 4.67. The monoisotopic (exact) mass is 465 g/mol. The summed E-state index contributed by atoms with van der Waals surface area (Å²) in [5.74, 6) is 1.44. The molecule has 0 radical (unpaired) electrons. The first-order valence-corrected chi connectivity index (χ1v) is 11.4. The van der Waals surface area contributed by atoms with Crippen LogP contribution in [-0.2, 0) is 11.4 Å². The number of piperidine rings is 1. The van der Waals surface area contributed by atoms with Crippen molar-refractivity contribution in [3.63, 3.8) is 0 Å². The molecule has 0 aromatic carbocycles. The van der Waals surface area contributed by atoms with E-state index in [1.165, 1.54) is 10.6 Å². The minimum atomic E-state index is -0.299. The number of aromatic nitrogens is 3. The molecule has 170 valence electrons. The maximum Gasteiger partial charge on any atom is 0.258 e. The molecule has 33 heavy (non-hydrogen) atoms. The maximum atomic E-state index is 12.7. The molecular weight excluding hydrogens is 442 g/mol. The van der Waals surface area contributed by atoms with Crippen LogP contribution in [0.3, 0.4) is 0 Å². The Morgan fingerprint density at radius 3 is 2.70 bits per heavy atom. The molecule has 2 aliphatic heterocycles. The average Bonchev–Trinajstić information content (AvgIpc) is 3.18. The number of halogens is 1. The van der Waals surface area contributed by atoms with Crippen LogP contribution in [0, 0.1) is 5.41 Å². The molecule has 1 unspecified atom stereocenters. The predicted octanol–water partition coefficient (Wildman–Crippen LogP) is 2.97. The SMILES string of the molecule is O=C1NCCC12CCCN(c1ccc(-n3ccc(OCc4ccc(Cl)cn4)cc3=O)cn1)C2. The van der Waals surface area contributed by atoms with Gasteiger partial charge in [0.2, 0.25) is 5.91 Å². The van der Waals surface area contributed by atoms with Gasteiger partial charge in [-0.25, -0.2) is 4.98 Å². The quantitative estimate of drug-likeness (QED) is 0.623. The highest BCUT2D eigenvalue weighted by atomic mass is 35.5. The second kappa shape index (κ2) is 8.86. The third-order valence-corrected chi connectivity index (χ3v) is 6.57. The molecule has 5 rings (SSSR count). The van der Waals surface area contributed by atoms with Gasteiger partial charge in [-0.05, 0) is 49.6 Å². The minimum absolute atomic E-state index is 0.157. The summed E-state index contributed by atoms with van der Waals surface area (Å²) >= 11 is 5.84. The first-order valence-electron chi connectivity index (χ1n) is 11.0. The molecule has 0 aliphatic carbocycles. The lowest BCUT2D eigenvalue weighted by atomic mass is 9.78. The number of carbonyl (C=O) groups excluding carboxylic acids is 1. The lowest BCUT2D eigenvalue weighted by Gasteiger charge is -2.39. The molecule has 5 heterocycles. The van der Waals surface area contributed by atoms with Crippen molar-refractivity contribution in [1.82, 2.24) is 19.9 Å². The number of hydrogen-bond donors (Lipinski definition) is 1. The standard InChI is InChI=1S/C24H24ClN5O3/c25-17-2-3-18(27-13-17)15-33-20-6-11-30(22(31)12-20)19-4-5-21(28-14-19)29-10-1-7-24(16-29)8-9-26-23(24)32/h2-6,11-14H,1,7-10,15-16H2,(H,26,32). The molecule has 3 aromatic heterocycles. The zero-order chi connectivity index (χ0) is 22.8. The first kappa shape index (κ1) is 21.5.